The van der Waals surface area contributed by atoms with Gasteiger partial charge in [-0.2, -0.15) is 0 Å². The van der Waals surface area contributed by atoms with Crippen molar-refractivity contribution in [3.63, 3.8) is 0 Å². The van der Waals surface area contributed by atoms with E-state index in [2.05, 4.69) is 291 Å². The Morgan fingerprint density at radius 3 is 1.50 bits per heavy atom. The molecular weight excluding hydrogens is 1040 g/mol. The van der Waals surface area contributed by atoms with Crippen LogP contribution in [0.25, 0.3) is 132 Å². The molecule has 0 atom stereocenters. The number of furan rings is 2. The van der Waals surface area contributed by atoms with Crippen LogP contribution in [0.3, 0.4) is 0 Å². The minimum atomic E-state index is -0.415. The summed E-state index contributed by atoms with van der Waals surface area (Å²) in [6.45, 7) is 11.0. The lowest BCUT2D eigenvalue weighted by Crippen LogP contribution is -2.24. The van der Waals surface area contributed by atoms with Crippen LogP contribution >= 0.6 is 0 Å². The molecule has 0 amide bonds. The van der Waals surface area contributed by atoms with E-state index in [0.717, 1.165) is 78.4 Å². The van der Waals surface area contributed by atoms with Crippen molar-refractivity contribution < 1.29 is 8.83 Å². The minimum absolute atomic E-state index is 0.415. The monoisotopic (exact) mass is 1100 g/mol. The molecule has 0 N–H and O–H groups in total. The third-order valence-corrected chi connectivity index (χ3v) is 18.4. The van der Waals surface area contributed by atoms with Crippen LogP contribution in [0.15, 0.2) is 276 Å². The van der Waals surface area contributed by atoms with Gasteiger partial charge in [0.05, 0.1) is 0 Å². The molecule has 14 aromatic carbocycles. The number of fused-ring (bicyclic) bond motifs is 14. The maximum Gasteiger partial charge on any atom is 0.135 e. The molecule has 0 aliphatic heterocycles. The van der Waals surface area contributed by atoms with E-state index < -0.39 is 5.41 Å². The molecule has 0 spiro atoms. The Labute approximate surface area is 498 Å². The van der Waals surface area contributed by atoms with Crippen molar-refractivity contribution in [3.05, 3.63) is 290 Å². The van der Waals surface area contributed by atoms with Crippen LogP contribution in [0.1, 0.15) is 43.2 Å². The summed E-state index contributed by atoms with van der Waals surface area (Å²) in [6.07, 6.45) is 6.00. The summed E-state index contributed by atoms with van der Waals surface area (Å²) in [5.41, 5.74) is 17.0. The number of hydrogen-bond donors (Lipinski definition) is 0. The van der Waals surface area contributed by atoms with Gasteiger partial charge in [-0.05, 0) is 202 Å². The predicted octanol–water partition coefficient (Wildman–Crippen LogP) is 23.8. The summed E-state index contributed by atoms with van der Waals surface area (Å²) >= 11 is 0. The van der Waals surface area contributed by atoms with Crippen LogP contribution in [0.2, 0.25) is 0 Å². The van der Waals surface area contributed by atoms with E-state index in [1.807, 2.05) is 19.1 Å². The van der Waals surface area contributed by atoms with Crippen molar-refractivity contribution in [1.29, 1.82) is 0 Å². The summed E-state index contributed by atoms with van der Waals surface area (Å²) in [6, 6.07) is 94.2. The van der Waals surface area contributed by atoms with Crippen LogP contribution < -0.4 is 9.80 Å². The second-order valence-electron chi connectivity index (χ2n) is 23.5. The molecule has 1 aliphatic rings. The Hall–Kier alpha value is -10.9. The van der Waals surface area contributed by atoms with E-state index in [0.29, 0.717) is 0 Å². The van der Waals surface area contributed by atoms with Gasteiger partial charge in [0, 0.05) is 61.3 Å². The maximum absolute atomic E-state index is 6.43. The first-order valence-corrected chi connectivity index (χ1v) is 29.7. The summed E-state index contributed by atoms with van der Waals surface area (Å²) in [5.74, 6) is 0.760. The topological polar surface area (TPSA) is 32.8 Å². The number of benzene rings is 14. The van der Waals surface area contributed by atoms with Crippen molar-refractivity contribution in [2.45, 2.75) is 26.2 Å². The average Bonchev–Trinajstić information content (AvgIpc) is 0.893. The molecule has 2 heterocycles. The Morgan fingerprint density at radius 2 is 0.849 bits per heavy atom. The number of hydrogen-bond acceptors (Lipinski definition) is 4. The lowest BCUT2D eigenvalue weighted by Gasteiger charge is -2.38. The standard InChI is InChI=1S/C82H56N2O2/c1-5-17-63-71-47-58(38-42-77(71)85-75(63)6-2)83(55-34-32-52-30-28-50-18-10-12-22-61(50)68(52)44-55)57-36-40-66-70(46-57)65-25-16-26-73-80(65)81(79(66)54-20-8-7-9-21-54)67-41-37-60(49-74(67)82(73,3)4)84(59-39-43-78-72(48-59)64-24-14-15-27-76(64)86-78)56-35-33-53-31-29-51-19-11-13-23-62(51)69(53)45-56/h5-49H,2H2,1,3-4H3/b17-5-. The van der Waals surface area contributed by atoms with E-state index >= 15 is 0 Å². The van der Waals surface area contributed by atoms with E-state index in [-0.39, 0.29) is 0 Å². The van der Waals surface area contributed by atoms with Crippen molar-refractivity contribution in [3.8, 4) is 22.3 Å². The molecule has 4 nitrogen and oxygen atoms in total. The summed E-state index contributed by atoms with van der Waals surface area (Å²) in [5, 5.41) is 17.9. The summed E-state index contributed by atoms with van der Waals surface area (Å²) in [4.78, 5) is 4.87. The Balaban J connectivity index is 0.901. The second-order valence-corrected chi connectivity index (χ2v) is 23.5. The molecule has 2 aromatic heterocycles. The number of nitrogens with zero attached hydrogens (tertiary/aromatic N) is 2. The molecule has 16 aromatic rings. The van der Waals surface area contributed by atoms with Crippen LogP contribution in [0.4, 0.5) is 34.1 Å². The molecule has 0 bridgehead atoms. The predicted molar refractivity (Wildman–Crippen MR) is 366 cm³/mol. The molecule has 406 valence electrons. The van der Waals surface area contributed by atoms with Crippen LogP contribution in [-0.4, -0.2) is 0 Å². The first-order valence-electron chi connectivity index (χ1n) is 29.7. The fraction of sp³-hybridized carbons (Fsp3) is 0.0488. The molecule has 17 rings (SSSR count). The minimum Gasteiger partial charge on any atom is -0.456 e. The lowest BCUT2D eigenvalue weighted by atomic mass is 9.66. The molecular formula is C82H56N2O2. The maximum atomic E-state index is 6.43. The molecule has 0 unspecified atom stereocenters. The highest BCUT2D eigenvalue weighted by Crippen LogP contribution is 2.57. The van der Waals surface area contributed by atoms with E-state index in [1.54, 1.807) is 0 Å². The summed E-state index contributed by atoms with van der Waals surface area (Å²) in [7, 11) is 0. The van der Waals surface area contributed by atoms with Gasteiger partial charge < -0.3 is 18.6 Å². The number of rotatable bonds is 9. The Bertz CT molecular complexity index is 5560. The zero-order chi connectivity index (χ0) is 57.4. The molecule has 0 saturated heterocycles. The average molecular weight is 1100 g/mol. The van der Waals surface area contributed by atoms with Crippen LogP contribution in [0.5, 0.6) is 0 Å². The first-order chi connectivity index (χ1) is 42.3. The van der Waals surface area contributed by atoms with Gasteiger partial charge >= 0.3 is 0 Å². The Morgan fingerprint density at radius 1 is 0.360 bits per heavy atom. The first kappa shape index (κ1) is 49.7. The zero-order valence-corrected chi connectivity index (χ0v) is 47.9. The fourth-order valence-corrected chi connectivity index (χ4v) is 14.4. The lowest BCUT2D eigenvalue weighted by molar-refractivity contribution is 0.603. The number of allylic oxidation sites excluding steroid dienone is 1. The molecule has 1 aliphatic carbocycles. The van der Waals surface area contributed by atoms with Crippen molar-refractivity contribution in [1.82, 2.24) is 0 Å². The highest BCUT2D eigenvalue weighted by Gasteiger charge is 2.37. The van der Waals surface area contributed by atoms with Gasteiger partial charge in [-0.15, -0.1) is 0 Å². The van der Waals surface area contributed by atoms with Gasteiger partial charge in [0.25, 0.3) is 0 Å². The Kier molecular flexibility index (Phi) is 11.0. The molecule has 86 heavy (non-hydrogen) atoms. The number of anilines is 6. The molecule has 0 saturated carbocycles. The van der Waals surface area contributed by atoms with Crippen molar-refractivity contribution >= 4 is 144 Å². The highest BCUT2D eigenvalue weighted by atomic mass is 16.3. The molecule has 0 fully saturated rings. The quantitative estimate of drug-likeness (QED) is 0.135. The van der Waals surface area contributed by atoms with Gasteiger partial charge in [-0.3, -0.25) is 0 Å². The van der Waals surface area contributed by atoms with Gasteiger partial charge in [-0.1, -0.05) is 196 Å². The molecule has 4 heteroatoms. The highest BCUT2D eigenvalue weighted by molar-refractivity contribution is 6.25. The molecule has 0 radical (unpaired) electrons. The third-order valence-electron chi connectivity index (χ3n) is 18.4. The van der Waals surface area contributed by atoms with Gasteiger partial charge in [0.1, 0.15) is 22.5 Å². The SMILES string of the molecule is C=Cc1oc2ccc(N(c3ccc4ccc5ccccc5c4c3)c3ccc4c(-c5ccccc5)c5c6c(cccc6c4c3)C(C)(C)c3cc(N(c4ccc6ccc7ccccc7c6c4)c4ccc6oc7ccccc7c6c4)ccc3-5)cc2c1/C=C\C. The van der Waals surface area contributed by atoms with Crippen molar-refractivity contribution in [2.24, 2.45) is 0 Å². The van der Waals surface area contributed by atoms with Crippen molar-refractivity contribution in [2.75, 3.05) is 9.80 Å². The second kappa shape index (κ2) is 19.0. The third kappa shape index (κ3) is 7.49. The smallest absolute Gasteiger partial charge is 0.135 e. The van der Waals surface area contributed by atoms with Gasteiger partial charge in [0.2, 0.25) is 0 Å². The normalized spacial score (nSPS) is 12.9. The van der Waals surface area contributed by atoms with Gasteiger partial charge in [-0.25, -0.2) is 0 Å². The van der Waals surface area contributed by atoms with Crippen LogP contribution in [-0.2, 0) is 5.41 Å². The van der Waals surface area contributed by atoms with Crippen LogP contribution in [0, 0.1) is 0 Å². The van der Waals surface area contributed by atoms with Gasteiger partial charge in [0.15, 0.2) is 0 Å². The fourth-order valence-electron chi connectivity index (χ4n) is 14.4. The van der Waals surface area contributed by atoms with E-state index in [9.17, 15) is 0 Å². The van der Waals surface area contributed by atoms with E-state index in [1.165, 1.54) is 98.0 Å². The van der Waals surface area contributed by atoms with E-state index in [4.69, 9.17) is 8.83 Å². The zero-order valence-electron chi connectivity index (χ0n) is 47.9. The largest absolute Gasteiger partial charge is 0.456 e. The number of para-hydroxylation sites is 1. The summed E-state index contributed by atoms with van der Waals surface area (Å²) < 4.78 is 12.8.